The standard InChI is InChI=1S/C23H30N2O3/c1-5-21(23(27)24-17(2)3)25(16-19-9-7-6-8-10-19)22(26)15-18-11-13-20(28-4)14-12-18/h6-14,17,21H,5,15-16H2,1-4H3,(H,24,27)/t21-/m1/s1. The number of carbonyl (C=O) groups excluding carboxylic acids is 2. The molecule has 0 saturated heterocycles. The maximum absolute atomic E-state index is 13.2. The Morgan fingerprint density at radius 3 is 2.18 bits per heavy atom. The minimum Gasteiger partial charge on any atom is -0.497 e. The summed E-state index contributed by atoms with van der Waals surface area (Å²) in [5.74, 6) is 0.566. The van der Waals surface area contributed by atoms with E-state index in [0.29, 0.717) is 13.0 Å². The van der Waals surface area contributed by atoms with Gasteiger partial charge in [0.15, 0.2) is 0 Å². The molecule has 1 N–H and O–H groups in total. The van der Waals surface area contributed by atoms with Crippen LogP contribution in [0.2, 0.25) is 0 Å². The molecule has 0 saturated carbocycles. The minimum absolute atomic E-state index is 0.0248. The van der Waals surface area contributed by atoms with Crippen molar-refractivity contribution >= 4 is 11.8 Å². The van der Waals surface area contributed by atoms with Crippen molar-refractivity contribution < 1.29 is 14.3 Å². The lowest BCUT2D eigenvalue weighted by atomic mass is 10.1. The van der Waals surface area contributed by atoms with Crippen LogP contribution >= 0.6 is 0 Å². The first-order valence-electron chi connectivity index (χ1n) is 9.71. The van der Waals surface area contributed by atoms with Crippen LogP contribution < -0.4 is 10.1 Å². The lowest BCUT2D eigenvalue weighted by Crippen LogP contribution is -2.50. The Morgan fingerprint density at radius 1 is 1.00 bits per heavy atom. The molecule has 0 heterocycles. The minimum atomic E-state index is -0.506. The summed E-state index contributed by atoms with van der Waals surface area (Å²) in [5.41, 5.74) is 1.89. The van der Waals surface area contributed by atoms with Gasteiger partial charge in [0, 0.05) is 12.6 Å². The molecule has 0 aliphatic rings. The van der Waals surface area contributed by atoms with E-state index in [-0.39, 0.29) is 24.3 Å². The van der Waals surface area contributed by atoms with Crippen molar-refractivity contribution in [3.05, 3.63) is 65.7 Å². The van der Waals surface area contributed by atoms with Crippen molar-refractivity contribution in [2.45, 2.75) is 52.2 Å². The predicted molar refractivity (Wildman–Crippen MR) is 111 cm³/mol. The van der Waals surface area contributed by atoms with Gasteiger partial charge in [-0.1, -0.05) is 49.4 Å². The van der Waals surface area contributed by atoms with Crippen molar-refractivity contribution in [2.75, 3.05) is 7.11 Å². The van der Waals surface area contributed by atoms with Crippen LogP contribution in [0.15, 0.2) is 54.6 Å². The maximum Gasteiger partial charge on any atom is 0.243 e. The van der Waals surface area contributed by atoms with Crippen LogP contribution in [0.1, 0.15) is 38.3 Å². The first-order chi connectivity index (χ1) is 13.4. The van der Waals surface area contributed by atoms with Gasteiger partial charge in [-0.2, -0.15) is 0 Å². The summed E-state index contributed by atoms with van der Waals surface area (Å²) in [6.45, 7) is 6.18. The lowest BCUT2D eigenvalue weighted by molar-refractivity contribution is -0.141. The number of amides is 2. The molecular weight excluding hydrogens is 352 g/mol. The SMILES string of the molecule is CC[C@H](C(=O)NC(C)C)N(Cc1ccccc1)C(=O)Cc1ccc(OC)cc1. The summed E-state index contributed by atoms with van der Waals surface area (Å²) in [4.78, 5) is 27.6. The van der Waals surface area contributed by atoms with Gasteiger partial charge >= 0.3 is 0 Å². The fourth-order valence-electron chi connectivity index (χ4n) is 3.10. The average molecular weight is 383 g/mol. The lowest BCUT2D eigenvalue weighted by Gasteiger charge is -2.31. The van der Waals surface area contributed by atoms with Crippen molar-refractivity contribution in [3.63, 3.8) is 0 Å². The van der Waals surface area contributed by atoms with Crippen molar-refractivity contribution in [3.8, 4) is 5.75 Å². The molecule has 5 nitrogen and oxygen atoms in total. The van der Waals surface area contributed by atoms with Crippen LogP contribution in [-0.2, 0) is 22.6 Å². The number of nitrogens with zero attached hydrogens (tertiary/aromatic N) is 1. The molecule has 0 radical (unpaired) electrons. The highest BCUT2D eigenvalue weighted by Gasteiger charge is 2.28. The molecule has 0 aliphatic heterocycles. The summed E-state index contributed by atoms with van der Waals surface area (Å²) >= 11 is 0. The highest BCUT2D eigenvalue weighted by molar-refractivity contribution is 5.88. The number of nitrogens with one attached hydrogen (secondary N) is 1. The largest absolute Gasteiger partial charge is 0.497 e. The zero-order chi connectivity index (χ0) is 20.5. The van der Waals surface area contributed by atoms with E-state index in [0.717, 1.165) is 16.9 Å². The zero-order valence-corrected chi connectivity index (χ0v) is 17.1. The van der Waals surface area contributed by atoms with E-state index in [4.69, 9.17) is 4.74 Å². The maximum atomic E-state index is 13.2. The van der Waals surface area contributed by atoms with E-state index in [1.165, 1.54) is 0 Å². The van der Waals surface area contributed by atoms with E-state index in [2.05, 4.69) is 5.32 Å². The smallest absolute Gasteiger partial charge is 0.243 e. The Kier molecular flexibility index (Phi) is 8.05. The molecule has 0 aromatic heterocycles. The van der Waals surface area contributed by atoms with Crippen LogP contribution in [0.5, 0.6) is 5.75 Å². The first kappa shape index (κ1) is 21.5. The molecule has 2 rings (SSSR count). The van der Waals surface area contributed by atoms with Gasteiger partial charge in [0.05, 0.1) is 13.5 Å². The highest BCUT2D eigenvalue weighted by atomic mass is 16.5. The average Bonchev–Trinajstić information content (AvgIpc) is 2.68. The number of methoxy groups -OCH3 is 1. The number of carbonyl (C=O) groups is 2. The second-order valence-electron chi connectivity index (χ2n) is 7.12. The van der Waals surface area contributed by atoms with Crippen LogP contribution in [0.25, 0.3) is 0 Å². The summed E-state index contributed by atoms with van der Waals surface area (Å²) in [5, 5.41) is 2.94. The van der Waals surface area contributed by atoms with Gasteiger partial charge in [0.25, 0.3) is 0 Å². The Morgan fingerprint density at radius 2 is 1.64 bits per heavy atom. The van der Waals surface area contributed by atoms with Crippen molar-refractivity contribution in [1.29, 1.82) is 0 Å². The van der Waals surface area contributed by atoms with Gasteiger partial charge in [-0.15, -0.1) is 0 Å². The monoisotopic (exact) mass is 382 g/mol. The Labute approximate surface area is 167 Å². The van der Waals surface area contributed by atoms with Gasteiger partial charge in [-0.3, -0.25) is 9.59 Å². The normalized spacial score (nSPS) is 11.8. The molecular formula is C23H30N2O3. The number of ether oxygens (including phenoxy) is 1. The molecule has 1 atom stereocenters. The van der Waals surface area contributed by atoms with E-state index >= 15 is 0 Å². The van der Waals surface area contributed by atoms with E-state index < -0.39 is 6.04 Å². The molecule has 2 aromatic rings. The molecule has 2 aromatic carbocycles. The third-order valence-electron chi connectivity index (χ3n) is 4.53. The molecule has 2 amide bonds. The summed E-state index contributed by atoms with van der Waals surface area (Å²) in [6, 6.07) is 16.7. The van der Waals surface area contributed by atoms with Gasteiger partial charge in [0.1, 0.15) is 11.8 Å². The highest BCUT2D eigenvalue weighted by Crippen LogP contribution is 2.16. The Balaban J connectivity index is 2.24. The third kappa shape index (κ3) is 6.12. The van der Waals surface area contributed by atoms with Crippen LogP contribution in [-0.4, -0.2) is 35.9 Å². The molecule has 5 heteroatoms. The quantitative estimate of drug-likeness (QED) is 0.721. The second kappa shape index (κ2) is 10.5. The van der Waals surface area contributed by atoms with E-state index in [9.17, 15) is 9.59 Å². The number of hydrogen-bond acceptors (Lipinski definition) is 3. The van der Waals surface area contributed by atoms with Gasteiger partial charge < -0.3 is 15.0 Å². The molecule has 0 bridgehead atoms. The van der Waals surface area contributed by atoms with Gasteiger partial charge in [0.2, 0.25) is 11.8 Å². The molecule has 150 valence electrons. The summed E-state index contributed by atoms with van der Waals surface area (Å²) in [7, 11) is 1.61. The summed E-state index contributed by atoms with van der Waals surface area (Å²) in [6.07, 6.45) is 0.794. The van der Waals surface area contributed by atoms with Gasteiger partial charge in [-0.05, 0) is 43.5 Å². The zero-order valence-electron chi connectivity index (χ0n) is 17.1. The Hall–Kier alpha value is -2.82. The van der Waals surface area contributed by atoms with Gasteiger partial charge in [-0.25, -0.2) is 0 Å². The van der Waals surface area contributed by atoms with Crippen molar-refractivity contribution in [2.24, 2.45) is 0 Å². The van der Waals surface area contributed by atoms with Crippen LogP contribution in [0.4, 0.5) is 0 Å². The summed E-state index contributed by atoms with van der Waals surface area (Å²) < 4.78 is 5.18. The first-order valence-corrected chi connectivity index (χ1v) is 9.71. The number of hydrogen-bond donors (Lipinski definition) is 1. The molecule has 0 fully saturated rings. The van der Waals surface area contributed by atoms with Crippen LogP contribution in [0.3, 0.4) is 0 Å². The third-order valence-corrected chi connectivity index (χ3v) is 4.53. The Bertz CT molecular complexity index is 757. The number of benzene rings is 2. The molecule has 28 heavy (non-hydrogen) atoms. The second-order valence-corrected chi connectivity index (χ2v) is 7.12. The molecule has 0 aliphatic carbocycles. The van der Waals surface area contributed by atoms with E-state index in [1.807, 2.05) is 75.4 Å². The number of rotatable bonds is 9. The fourth-order valence-corrected chi connectivity index (χ4v) is 3.10. The predicted octanol–water partition coefficient (Wildman–Crippen LogP) is 3.57. The van der Waals surface area contributed by atoms with Crippen molar-refractivity contribution in [1.82, 2.24) is 10.2 Å². The van der Waals surface area contributed by atoms with E-state index in [1.54, 1.807) is 12.0 Å². The topological polar surface area (TPSA) is 58.6 Å². The molecule has 0 unspecified atom stereocenters. The fraction of sp³-hybridized carbons (Fsp3) is 0.391. The molecule has 0 spiro atoms. The van der Waals surface area contributed by atoms with Crippen LogP contribution in [0, 0.1) is 0 Å².